The van der Waals surface area contributed by atoms with E-state index in [1.54, 1.807) is 6.07 Å². The Morgan fingerprint density at radius 3 is 2.20 bits per heavy atom. The van der Waals surface area contributed by atoms with Crippen LogP contribution in [0.3, 0.4) is 0 Å². The molecule has 0 amide bonds. The molecule has 20 heavy (non-hydrogen) atoms. The fourth-order valence-electron chi connectivity index (χ4n) is 2.50. The van der Waals surface area contributed by atoms with Crippen molar-refractivity contribution in [1.29, 1.82) is 0 Å². The van der Waals surface area contributed by atoms with Gasteiger partial charge in [-0.2, -0.15) is 13.2 Å². The Hall–Kier alpha value is -1.27. The maximum atomic E-state index is 12.7. The molecule has 2 rings (SSSR count). The summed E-state index contributed by atoms with van der Waals surface area (Å²) in [5.41, 5.74) is 5.71. The van der Waals surface area contributed by atoms with Crippen LogP contribution in [0.4, 0.5) is 18.9 Å². The highest BCUT2D eigenvalue weighted by Gasteiger charge is 2.31. The maximum Gasteiger partial charge on any atom is 0.416 e. The van der Waals surface area contributed by atoms with Crippen molar-refractivity contribution in [2.45, 2.75) is 19.6 Å². The summed E-state index contributed by atoms with van der Waals surface area (Å²) in [5.74, 6) is 0. The third-order valence-corrected chi connectivity index (χ3v) is 3.66. The van der Waals surface area contributed by atoms with Crippen molar-refractivity contribution in [3.8, 4) is 0 Å². The first kappa shape index (κ1) is 15.1. The fraction of sp³-hybridized carbons (Fsp3) is 0.571. The number of anilines is 1. The van der Waals surface area contributed by atoms with Crippen LogP contribution >= 0.6 is 0 Å². The molecule has 1 fully saturated rings. The molecule has 0 radical (unpaired) electrons. The monoisotopic (exact) mass is 287 g/mol. The zero-order valence-electron chi connectivity index (χ0n) is 11.6. The molecule has 0 saturated carbocycles. The molecule has 0 unspecified atom stereocenters. The minimum absolute atomic E-state index is 0.169. The predicted octanol–water partition coefficient (Wildman–Crippen LogP) is 2.43. The van der Waals surface area contributed by atoms with E-state index in [0.29, 0.717) is 12.1 Å². The van der Waals surface area contributed by atoms with E-state index in [9.17, 15) is 13.2 Å². The molecular formula is C14H20F3N3. The minimum atomic E-state index is -4.34. The Balaban J connectivity index is 2.05. The smallest absolute Gasteiger partial charge is 0.399 e. The molecule has 1 heterocycles. The molecule has 1 aromatic rings. The number of alkyl halides is 3. The number of nitrogen functional groups attached to an aromatic ring is 1. The van der Waals surface area contributed by atoms with E-state index in [0.717, 1.165) is 38.8 Å². The molecule has 0 bridgehead atoms. The average molecular weight is 287 g/mol. The first-order valence-corrected chi connectivity index (χ1v) is 6.80. The third kappa shape index (κ3) is 3.86. The molecule has 1 aromatic carbocycles. The van der Waals surface area contributed by atoms with Crippen LogP contribution in [0.1, 0.15) is 18.1 Å². The van der Waals surface area contributed by atoms with Crippen LogP contribution in [-0.2, 0) is 12.7 Å². The predicted molar refractivity (Wildman–Crippen MR) is 73.2 cm³/mol. The van der Waals surface area contributed by atoms with E-state index in [1.807, 2.05) is 0 Å². The summed E-state index contributed by atoms with van der Waals surface area (Å²) in [5, 5.41) is 0. The van der Waals surface area contributed by atoms with E-state index in [-0.39, 0.29) is 5.69 Å². The summed E-state index contributed by atoms with van der Waals surface area (Å²) in [6, 6.07) is 3.81. The number of likely N-dealkylation sites (N-methyl/N-ethyl adjacent to an activating group) is 1. The van der Waals surface area contributed by atoms with Gasteiger partial charge in [0.1, 0.15) is 0 Å². The zero-order chi connectivity index (χ0) is 14.8. The molecule has 3 nitrogen and oxygen atoms in total. The highest BCUT2D eigenvalue weighted by molar-refractivity contribution is 5.45. The lowest BCUT2D eigenvalue weighted by Gasteiger charge is -2.34. The molecule has 1 saturated heterocycles. The van der Waals surface area contributed by atoms with Gasteiger partial charge in [-0.3, -0.25) is 4.90 Å². The van der Waals surface area contributed by atoms with E-state index in [4.69, 9.17) is 5.73 Å². The lowest BCUT2D eigenvalue weighted by atomic mass is 10.1. The van der Waals surface area contributed by atoms with Gasteiger partial charge in [0, 0.05) is 38.4 Å². The first-order chi connectivity index (χ1) is 9.38. The van der Waals surface area contributed by atoms with Gasteiger partial charge in [0.15, 0.2) is 0 Å². The van der Waals surface area contributed by atoms with Crippen LogP contribution in [0.2, 0.25) is 0 Å². The van der Waals surface area contributed by atoms with E-state index >= 15 is 0 Å². The topological polar surface area (TPSA) is 32.5 Å². The van der Waals surface area contributed by atoms with Crippen molar-refractivity contribution < 1.29 is 13.2 Å². The third-order valence-electron chi connectivity index (χ3n) is 3.66. The van der Waals surface area contributed by atoms with Crippen molar-refractivity contribution in [1.82, 2.24) is 9.80 Å². The fourth-order valence-corrected chi connectivity index (χ4v) is 2.50. The Morgan fingerprint density at radius 1 is 1.05 bits per heavy atom. The van der Waals surface area contributed by atoms with Crippen LogP contribution in [0.15, 0.2) is 18.2 Å². The van der Waals surface area contributed by atoms with Gasteiger partial charge in [-0.15, -0.1) is 0 Å². The van der Waals surface area contributed by atoms with Crippen LogP contribution in [0.5, 0.6) is 0 Å². The Bertz CT molecular complexity index is 451. The quantitative estimate of drug-likeness (QED) is 0.867. The average Bonchev–Trinajstić information content (AvgIpc) is 2.38. The van der Waals surface area contributed by atoms with Gasteiger partial charge in [-0.25, -0.2) is 0 Å². The largest absolute Gasteiger partial charge is 0.416 e. The van der Waals surface area contributed by atoms with Crippen LogP contribution < -0.4 is 5.73 Å². The number of nitrogens with zero attached hydrogens (tertiary/aromatic N) is 2. The Morgan fingerprint density at radius 2 is 1.65 bits per heavy atom. The van der Waals surface area contributed by atoms with Crippen molar-refractivity contribution in [2.24, 2.45) is 0 Å². The van der Waals surface area contributed by atoms with E-state index in [1.165, 1.54) is 6.07 Å². The first-order valence-electron chi connectivity index (χ1n) is 6.80. The van der Waals surface area contributed by atoms with Gasteiger partial charge in [0.05, 0.1) is 5.56 Å². The molecule has 0 atom stereocenters. The zero-order valence-corrected chi connectivity index (χ0v) is 11.6. The molecule has 1 aliphatic heterocycles. The summed E-state index contributed by atoms with van der Waals surface area (Å²) in [7, 11) is 0. The summed E-state index contributed by atoms with van der Waals surface area (Å²) in [4.78, 5) is 4.50. The highest BCUT2D eigenvalue weighted by atomic mass is 19.4. The van der Waals surface area contributed by atoms with Crippen molar-refractivity contribution in [2.75, 3.05) is 38.5 Å². The van der Waals surface area contributed by atoms with Crippen LogP contribution in [-0.4, -0.2) is 42.5 Å². The molecule has 112 valence electrons. The van der Waals surface area contributed by atoms with Gasteiger partial charge in [-0.05, 0) is 30.3 Å². The van der Waals surface area contributed by atoms with Gasteiger partial charge in [-0.1, -0.05) is 6.92 Å². The highest BCUT2D eigenvalue weighted by Crippen LogP contribution is 2.31. The summed E-state index contributed by atoms with van der Waals surface area (Å²) < 4.78 is 38.2. The molecule has 0 spiro atoms. The maximum absolute atomic E-state index is 12.7. The Labute approximate surface area is 117 Å². The van der Waals surface area contributed by atoms with Crippen LogP contribution in [0.25, 0.3) is 0 Å². The number of nitrogens with two attached hydrogens (primary N) is 1. The van der Waals surface area contributed by atoms with Gasteiger partial charge in [0.25, 0.3) is 0 Å². The number of hydrogen-bond acceptors (Lipinski definition) is 3. The number of halogens is 3. The van der Waals surface area contributed by atoms with Crippen LogP contribution in [0, 0.1) is 0 Å². The summed E-state index contributed by atoms with van der Waals surface area (Å²) in [6.07, 6.45) is -4.34. The molecule has 2 N–H and O–H groups in total. The molecule has 0 aromatic heterocycles. The number of hydrogen-bond donors (Lipinski definition) is 1. The lowest BCUT2D eigenvalue weighted by molar-refractivity contribution is -0.137. The van der Waals surface area contributed by atoms with Crippen molar-refractivity contribution in [3.05, 3.63) is 29.3 Å². The van der Waals surface area contributed by atoms with E-state index < -0.39 is 11.7 Å². The van der Waals surface area contributed by atoms with E-state index in [2.05, 4.69) is 16.7 Å². The molecule has 6 heteroatoms. The second-order valence-electron chi connectivity index (χ2n) is 5.17. The molecular weight excluding hydrogens is 267 g/mol. The second kappa shape index (κ2) is 6.01. The molecule has 0 aliphatic carbocycles. The van der Waals surface area contributed by atoms with Gasteiger partial charge >= 0.3 is 6.18 Å². The molecule has 1 aliphatic rings. The van der Waals surface area contributed by atoms with Gasteiger partial charge in [0.2, 0.25) is 0 Å². The Kier molecular flexibility index (Phi) is 4.55. The minimum Gasteiger partial charge on any atom is -0.399 e. The second-order valence-corrected chi connectivity index (χ2v) is 5.17. The number of rotatable bonds is 3. The van der Waals surface area contributed by atoms with Gasteiger partial charge < -0.3 is 10.6 Å². The normalized spacial score (nSPS) is 18.4. The summed E-state index contributed by atoms with van der Waals surface area (Å²) >= 11 is 0. The SMILES string of the molecule is CCN1CCN(Cc2cc(N)cc(C(F)(F)F)c2)CC1. The van der Waals surface area contributed by atoms with Crippen molar-refractivity contribution in [3.63, 3.8) is 0 Å². The standard InChI is InChI=1S/C14H20F3N3/c1-2-19-3-5-20(6-4-19)10-11-7-12(14(15,16)17)9-13(18)8-11/h7-9H,2-6,10,18H2,1H3. The lowest BCUT2D eigenvalue weighted by Crippen LogP contribution is -2.45. The number of benzene rings is 1. The number of piperazine rings is 1. The summed E-state index contributed by atoms with van der Waals surface area (Å²) in [6.45, 7) is 7.34. The van der Waals surface area contributed by atoms with Crippen molar-refractivity contribution >= 4 is 5.69 Å².